The highest BCUT2D eigenvalue weighted by molar-refractivity contribution is 5.13. The summed E-state index contributed by atoms with van der Waals surface area (Å²) in [6, 6.07) is 10.5. The smallest absolute Gasteiger partial charge is 0.0319 e. The van der Waals surface area contributed by atoms with Crippen LogP contribution in [0.3, 0.4) is 0 Å². The minimum absolute atomic E-state index is 1.00. The van der Waals surface area contributed by atoms with Crippen LogP contribution in [0.1, 0.15) is 12.5 Å². The first-order valence-electron chi connectivity index (χ1n) is 3.87. The molecule has 0 atom stereocenters. The van der Waals surface area contributed by atoms with E-state index in [1.807, 2.05) is 6.07 Å². The van der Waals surface area contributed by atoms with E-state index in [2.05, 4.69) is 31.2 Å². The molecule has 0 saturated carbocycles. The molecule has 1 aromatic rings. The first-order valence-corrected chi connectivity index (χ1v) is 3.87. The molecule has 0 aliphatic heterocycles. The van der Waals surface area contributed by atoms with E-state index in [1.54, 1.807) is 0 Å². The zero-order chi connectivity index (χ0) is 9.82. The summed E-state index contributed by atoms with van der Waals surface area (Å²) in [7, 11) is 2.00. The average molecular weight is 170 g/mol. The highest BCUT2D eigenvalue weighted by Gasteiger charge is 1.79. The summed E-state index contributed by atoms with van der Waals surface area (Å²) in [5.74, 6) is 0. The lowest BCUT2D eigenvalue weighted by Crippen LogP contribution is -1.73. The molecule has 0 radical (unpaired) electrons. The van der Waals surface area contributed by atoms with Crippen LogP contribution < -0.4 is 0 Å². The van der Waals surface area contributed by atoms with Gasteiger partial charge in [-0.15, -0.1) is 0 Å². The first-order chi connectivity index (χ1) is 5.93. The van der Waals surface area contributed by atoms with Gasteiger partial charge in [-0.3, -0.25) is 0 Å². The molecule has 70 valence electrons. The van der Waals surface area contributed by atoms with Crippen LogP contribution in [0.5, 0.6) is 0 Å². The number of aryl methyl sites for hydroxylation is 1. The Balaban J connectivity index is 0. The lowest BCUT2D eigenvalue weighted by Gasteiger charge is -1.89. The molecule has 0 saturated heterocycles. The summed E-state index contributed by atoms with van der Waals surface area (Å²) in [5.41, 5.74) is 1.41. The van der Waals surface area contributed by atoms with Crippen molar-refractivity contribution in [1.29, 1.82) is 0 Å². The van der Waals surface area contributed by atoms with Gasteiger partial charge in [0.1, 0.15) is 0 Å². The molecular weight excluding hydrogens is 152 g/mol. The van der Waals surface area contributed by atoms with Gasteiger partial charge < -0.3 is 10.2 Å². The molecule has 0 spiro atoms. The van der Waals surface area contributed by atoms with Crippen LogP contribution in [-0.2, 0) is 6.42 Å². The molecule has 0 aliphatic rings. The van der Waals surface area contributed by atoms with Crippen LogP contribution in [0.4, 0.5) is 0 Å². The molecule has 1 aromatic carbocycles. The van der Waals surface area contributed by atoms with E-state index in [9.17, 15) is 0 Å². The number of hydrogen-bond donors (Lipinski definition) is 2. The predicted octanol–water partition coefficient (Wildman–Crippen LogP) is 1.47. The second-order valence-corrected chi connectivity index (χ2v) is 1.84. The Morgan fingerprint density at radius 2 is 1.33 bits per heavy atom. The molecule has 0 bridgehead atoms. The Bertz CT molecular complexity index is 149. The Kier molecular flexibility index (Phi) is 14.6. The van der Waals surface area contributed by atoms with Crippen molar-refractivity contribution >= 4 is 0 Å². The molecule has 0 aromatic heterocycles. The number of hydrogen-bond acceptors (Lipinski definition) is 2. The minimum Gasteiger partial charge on any atom is -0.400 e. The van der Waals surface area contributed by atoms with Gasteiger partial charge >= 0.3 is 0 Å². The SMILES string of the molecule is CCc1ccccc1.CO.CO. The lowest BCUT2D eigenvalue weighted by molar-refractivity contribution is 0.399. The van der Waals surface area contributed by atoms with Crippen molar-refractivity contribution in [1.82, 2.24) is 0 Å². The van der Waals surface area contributed by atoms with Crippen molar-refractivity contribution in [3.8, 4) is 0 Å². The third kappa shape index (κ3) is 7.25. The van der Waals surface area contributed by atoms with Gasteiger partial charge in [0.15, 0.2) is 0 Å². The van der Waals surface area contributed by atoms with Gasteiger partial charge in [0, 0.05) is 14.2 Å². The van der Waals surface area contributed by atoms with Crippen LogP contribution in [0.2, 0.25) is 0 Å². The van der Waals surface area contributed by atoms with E-state index in [0.717, 1.165) is 20.6 Å². The van der Waals surface area contributed by atoms with Crippen molar-refractivity contribution < 1.29 is 10.2 Å². The van der Waals surface area contributed by atoms with Crippen LogP contribution in [0.15, 0.2) is 30.3 Å². The zero-order valence-electron chi connectivity index (χ0n) is 7.99. The Labute approximate surface area is 74.5 Å². The largest absolute Gasteiger partial charge is 0.400 e. The quantitative estimate of drug-likeness (QED) is 0.670. The molecule has 2 heteroatoms. The maximum atomic E-state index is 7.00. The van der Waals surface area contributed by atoms with Gasteiger partial charge in [-0.1, -0.05) is 37.3 Å². The number of rotatable bonds is 1. The summed E-state index contributed by atoms with van der Waals surface area (Å²) >= 11 is 0. The molecule has 0 aliphatic carbocycles. The monoisotopic (exact) mass is 170 g/mol. The predicted molar refractivity (Wildman–Crippen MR) is 52.1 cm³/mol. The summed E-state index contributed by atoms with van der Waals surface area (Å²) in [6.45, 7) is 2.16. The third-order valence-electron chi connectivity index (χ3n) is 1.25. The molecule has 0 unspecified atom stereocenters. The highest BCUT2D eigenvalue weighted by Crippen LogP contribution is 1.96. The normalized spacial score (nSPS) is 7.08. The Morgan fingerprint density at radius 3 is 1.58 bits per heavy atom. The van der Waals surface area contributed by atoms with Crippen molar-refractivity contribution in [2.75, 3.05) is 14.2 Å². The van der Waals surface area contributed by atoms with Crippen LogP contribution in [0.25, 0.3) is 0 Å². The van der Waals surface area contributed by atoms with Gasteiger partial charge in [-0.25, -0.2) is 0 Å². The Morgan fingerprint density at radius 1 is 0.917 bits per heavy atom. The molecule has 0 amide bonds. The fourth-order valence-corrected chi connectivity index (χ4v) is 0.714. The van der Waals surface area contributed by atoms with Crippen molar-refractivity contribution in [3.05, 3.63) is 35.9 Å². The molecular formula is C10H18O2. The van der Waals surface area contributed by atoms with Gasteiger partial charge in [0.25, 0.3) is 0 Å². The molecule has 1 rings (SSSR count). The van der Waals surface area contributed by atoms with Gasteiger partial charge in [0.05, 0.1) is 0 Å². The number of aliphatic hydroxyl groups is 2. The van der Waals surface area contributed by atoms with Gasteiger partial charge in [-0.2, -0.15) is 0 Å². The second-order valence-electron chi connectivity index (χ2n) is 1.84. The van der Waals surface area contributed by atoms with E-state index in [0.29, 0.717) is 0 Å². The van der Waals surface area contributed by atoms with Crippen LogP contribution in [-0.4, -0.2) is 24.4 Å². The fraction of sp³-hybridized carbons (Fsp3) is 0.400. The molecule has 0 fully saturated rings. The maximum Gasteiger partial charge on any atom is 0.0319 e. The molecule has 0 heterocycles. The zero-order valence-corrected chi connectivity index (χ0v) is 7.99. The summed E-state index contributed by atoms with van der Waals surface area (Å²) in [4.78, 5) is 0. The standard InChI is InChI=1S/C8H10.2CH4O/c1-2-8-6-4-3-5-7-8;2*1-2/h3-7H,2H2,1H3;2*2H,1H3. The summed E-state index contributed by atoms with van der Waals surface area (Å²) < 4.78 is 0. The Hall–Kier alpha value is -0.860. The second kappa shape index (κ2) is 12.8. The lowest BCUT2D eigenvalue weighted by atomic mass is 10.2. The van der Waals surface area contributed by atoms with E-state index in [-0.39, 0.29) is 0 Å². The third-order valence-corrected chi connectivity index (χ3v) is 1.25. The summed E-state index contributed by atoms with van der Waals surface area (Å²) in [5, 5.41) is 14.0. The van der Waals surface area contributed by atoms with Crippen molar-refractivity contribution in [2.24, 2.45) is 0 Å². The number of aliphatic hydroxyl groups excluding tert-OH is 2. The van der Waals surface area contributed by atoms with E-state index >= 15 is 0 Å². The van der Waals surface area contributed by atoms with E-state index in [1.165, 1.54) is 5.56 Å². The molecule has 2 N–H and O–H groups in total. The fourth-order valence-electron chi connectivity index (χ4n) is 0.714. The van der Waals surface area contributed by atoms with E-state index < -0.39 is 0 Å². The minimum atomic E-state index is 1.00. The van der Waals surface area contributed by atoms with Gasteiger partial charge in [-0.05, 0) is 12.0 Å². The molecule has 2 nitrogen and oxygen atoms in total. The number of benzene rings is 1. The average Bonchev–Trinajstić information content (AvgIpc) is 2.25. The first kappa shape index (κ1) is 13.7. The van der Waals surface area contributed by atoms with Gasteiger partial charge in [0.2, 0.25) is 0 Å². The van der Waals surface area contributed by atoms with Crippen molar-refractivity contribution in [3.63, 3.8) is 0 Å². The maximum absolute atomic E-state index is 7.00. The topological polar surface area (TPSA) is 40.5 Å². The highest BCUT2D eigenvalue weighted by atomic mass is 16.2. The van der Waals surface area contributed by atoms with Crippen LogP contribution in [0, 0.1) is 0 Å². The molecule has 12 heavy (non-hydrogen) atoms. The van der Waals surface area contributed by atoms with Crippen LogP contribution >= 0.6 is 0 Å². The van der Waals surface area contributed by atoms with E-state index in [4.69, 9.17) is 10.2 Å². The van der Waals surface area contributed by atoms with Crippen molar-refractivity contribution in [2.45, 2.75) is 13.3 Å². The summed E-state index contributed by atoms with van der Waals surface area (Å²) in [6.07, 6.45) is 1.14.